The van der Waals surface area contributed by atoms with Crippen LogP contribution in [0.3, 0.4) is 0 Å². The van der Waals surface area contributed by atoms with Crippen LogP contribution in [0.4, 0.5) is 5.95 Å². The Labute approximate surface area is 170 Å². The Bertz CT molecular complexity index is 1130. The minimum Gasteiger partial charge on any atom is -0.455 e. The van der Waals surface area contributed by atoms with Gasteiger partial charge in [-0.2, -0.15) is 10.2 Å². The van der Waals surface area contributed by atoms with Gasteiger partial charge in [0.25, 0.3) is 5.95 Å². The molecule has 6 nitrogen and oxygen atoms in total. The Morgan fingerprint density at radius 3 is 2.61 bits per heavy atom. The van der Waals surface area contributed by atoms with Crippen LogP contribution in [0.25, 0.3) is 22.6 Å². The van der Waals surface area contributed by atoms with Gasteiger partial charge in [-0.15, -0.1) is 5.10 Å². The third kappa shape index (κ3) is 4.19. The molecular formula is C20H13Cl2N5O. The van der Waals surface area contributed by atoms with E-state index in [2.05, 4.69) is 25.7 Å². The van der Waals surface area contributed by atoms with E-state index in [-0.39, 0.29) is 5.95 Å². The van der Waals surface area contributed by atoms with E-state index >= 15 is 0 Å². The van der Waals surface area contributed by atoms with Crippen LogP contribution in [0.15, 0.2) is 76.4 Å². The van der Waals surface area contributed by atoms with Crippen molar-refractivity contribution in [3.63, 3.8) is 0 Å². The molecule has 138 valence electrons. The number of hydrogen-bond acceptors (Lipinski definition) is 6. The largest absolute Gasteiger partial charge is 0.455 e. The van der Waals surface area contributed by atoms with Gasteiger partial charge in [0.05, 0.1) is 28.2 Å². The molecule has 2 aromatic heterocycles. The van der Waals surface area contributed by atoms with Gasteiger partial charge in [-0.25, -0.2) is 10.4 Å². The monoisotopic (exact) mass is 409 g/mol. The number of hydrogen-bond donors (Lipinski definition) is 1. The van der Waals surface area contributed by atoms with Crippen LogP contribution < -0.4 is 5.43 Å². The lowest BCUT2D eigenvalue weighted by Gasteiger charge is -2.01. The van der Waals surface area contributed by atoms with Crippen LogP contribution in [0.5, 0.6) is 0 Å². The zero-order valence-electron chi connectivity index (χ0n) is 14.4. The second-order valence-electron chi connectivity index (χ2n) is 5.73. The molecule has 0 fully saturated rings. The van der Waals surface area contributed by atoms with Crippen molar-refractivity contribution < 1.29 is 4.42 Å². The number of aromatic nitrogens is 3. The van der Waals surface area contributed by atoms with Crippen molar-refractivity contribution in [3.8, 4) is 22.6 Å². The van der Waals surface area contributed by atoms with E-state index in [1.54, 1.807) is 24.4 Å². The fraction of sp³-hybridized carbons (Fsp3) is 0. The lowest BCUT2D eigenvalue weighted by atomic mass is 10.2. The Morgan fingerprint density at radius 2 is 1.79 bits per heavy atom. The number of nitrogens with zero attached hydrogens (tertiary/aromatic N) is 4. The highest BCUT2D eigenvalue weighted by atomic mass is 35.5. The molecule has 1 N–H and O–H groups in total. The van der Waals surface area contributed by atoms with Gasteiger partial charge in [0.1, 0.15) is 11.5 Å². The zero-order chi connectivity index (χ0) is 19.3. The van der Waals surface area contributed by atoms with Crippen molar-refractivity contribution >= 4 is 35.4 Å². The first-order chi connectivity index (χ1) is 13.7. The summed E-state index contributed by atoms with van der Waals surface area (Å²) >= 11 is 12.0. The van der Waals surface area contributed by atoms with Crippen molar-refractivity contribution in [1.29, 1.82) is 0 Å². The smallest absolute Gasteiger partial charge is 0.263 e. The Morgan fingerprint density at radius 1 is 0.929 bits per heavy atom. The number of benzene rings is 2. The summed E-state index contributed by atoms with van der Waals surface area (Å²) in [7, 11) is 0. The highest BCUT2D eigenvalue weighted by molar-refractivity contribution is 6.42. The summed E-state index contributed by atoms with van der Waals surface area (Å²) in [5.74, 6) is 1.50. The molecular weight excluding hydrogens is 397 g/mol. The quantitative estimate of drug-likeness (QED) is 0.345. The SMILES string of the molecule is Clc1ccc(-c2ccc(C=NNc3nncc(-c4ccccc4)n3)o2)cc1Cl. The number of halogens is 2. The van der Waals surface area contributed by atoms with E-state index < -0.39 is 0 Å². The molecule has 0 atom stereocenters. The number of hydrazone groups is 1. The Kier molecular flexibility index (Phi) is 5.32. The van der Waals surface area contributed by atoms with E-state index in [1.807, 2.05) is 42.5 Å². The van der Waals surface area contributed by atoms with E-state index in [0.29, 0.717) is 27.3 Å². The third-order valence-electron chi connectivity index (χ3n) is 3.82. The topological polar surface area (TPSA) is 76.2 Å². The first-order valence-electron chi connectivity index (χ1n) is 8.28. The number of nitrogens with one attached hydrogen (secondary N) is 1. The van der Waals surface area contributed by atoms with Gasteiger partial charge < -0.3 is 4.42 Å². The third-order valence-corrected chi connectivity index (χ3v) is 4.55. The molecule has 0 bridgehead atoms. The molecule has 0 spiro atoms. The van der Waals surface area contributed by atoms with Gasteiger partial charge >= 0.3 is 0 Å². The van der Waals surface area contributed by atoms with Crippen LogP contribution in [-0.2, 0) is 0 Å². The highest BCUT2D eigenvalue weighted by Crippen LogP contribution is 2.29. The van der Waals surface area contributed by atoms with E-state index in [0.717, 1.165) is 11.1 Å². The molecule has 8 heteroatoms. The summed E-state index contributed by atoms with van der Waals surface area (Å²) < 4.78 is 5.75. The normalized spacial score (nSPS) is 11.1. The lowest BCUT2D eigenvalue weighted by molar-refractivity contribution is 0.575. The number of furan rings is 1. The highest BCUT2D eigenvalue weighted by Gasteiger charge is 2.06. The van der Waals surface area contributed by atoms with Gasteiger partial charge in [-0.1, -0.05) is 53.5 Å². The average Bonchev–Trinajstić information content (AvgIpc) is 3.20. The van der Waals surface area contributed by atoms with Crippen molar-refractivity contribution in [3.05, 3.63) is 82.7 Å². The maximum absolute atomic E-state index is 6.05. The molecule has 2 aromatic carbocycles. The molecule has 4 rings (SSSR count). The molecule has 0 radical (unpaired) electrons. The Hall–Kier alpha value is -3.22. The fourth-order valence-corrected chi connectivity index (χ4v) is 2.78. The van der Waals surface area contributed by atoms with Crippen LogP contribution in [-0.4, -0.2) is 21.4 Å². The summed E-state index contributed by atoms with van der Waals surface area (Å²) in [5.41, 5.74) is 5.23. The molecule has 0 aliphatic carbocycles. The van der Waals surface area contributed by atoms with Gasteiger partial charge in [-0.3, -0.25) is 0 Å². The van der Waals surface area contributed by atoms with Gasteiger partial charge in [0.15, 0.2) is 0 Å². The number of anilines is 1. The summed E-state index contributed by atoms with van der Waals surface area (Å²) in [6.07, 6.45) is 3.12. The predicted octanol–water partition coefficient (Wildman–Crippen LogP) is 5.55. The van der Waals surface area contributed by atoms with Crippen molar-refractivity contribution in [2.45, 2.75) is 0 Å². The van der Waals surface area contributed by atoms with Crippen LogP contribution in [0.1, 0.15) is 5.76 Å². The molecule has 0 aliphatic heterocycles. The zero-order valence-corrected chi connectivity index (χ0v) is 15.9. The minimum atomic E-state index is 0.286. The van der Waals surface area contributed by atoms with E-state index in [4.69, 9.17) is 27.6 Å². The number of rotatable bonds is 5. The van der Waals surface area contributed by atoms with Gasteiger partial charge in [-0.05, 0) is 30.3 Å². The van der Waals surface area contributed by atoms with Crippen LogP contribution >= 0.6 is 23.2 Å². The fourth-order valence-electron chi connectivity index (χ4n) is 2.48. The Balaban J connectivity index is 1.46. The summed E-state index contributed by atoms with van der Waals surface area (Å²) in [6.45, 7) is 0. The molecule has 0 aliphatic rings. The maximum Gasteiger partial charge on any atom is 0.263 e. The minimum absolute atomic E-state index is 0.286. The summed E-state index contributed by atoms with van der Waals surface area (Å²) in [4.78, 5) is 4.39. The molecule has 0 unspecified atom stereocenters. The molecule has 0 saturated heterocycles. The standard InChI is InChI=1S/C20H13Cl2N5O/c21-16-8-6-14(10-17(16)22)19-9-7-15(28-19)11-23-26-20-25-18(12-24-27-20)13-4-2-1-3-5-13/h1-12H,(H,25,26,27). The molecule has 4 aromatic rings. The average molecular weight is 410 g/mol. The molecule has 28 heavy (non-hydrogen) atoms. The van der Waals surface area contributed by atoms with Crippen LogP contribution in [0, 0.1) is 0 Å². The van der Waals surface area contributed by atoms with Gasteiger partial charge in [0.2, 0.25) is 0 Å². The van der Waals surface area contributed by atoms with Crippen LogP contribution in [0.2, 0.25) is 10.0 Å². The lowest BCUT2D eigenvalue weighted by Crippen LogP contribution is -1.99. The van der Waals surface area contributed by atoms with Crippen molar-refractivity contribution in [1.82, 2.24) is 15.2 Å². The molecule has 0 amide bonds. The first kappa shape index (κ1) is 18.2. The van der Waals surface area contributed by atoms with E-state index in [9.17, 15) is 0 Å². The predicted molar refractivity (Wildman–Crippen MR) is 111 cm³/mol. The van der Waals surface area contributed by atoms with Gasteiger partial charge in [0, 0.05) is 11.1 Å². The molecule has 0 saturated carbocycles. The van der Waals surface area contributed by atoms with Crippen molar-refractivity contribution in [2.24, 2.45) is 5.10 Å². The van der Waals surface area contributed by atoms with E-state index in [1.165, 1.54) is 6.21 Å². The molecule has 2 heterocycles. The second-order valence-corrected chi connectivity index (χ2v) is 6.55. The summed E-state index contributed by atoms with van der Waals surface area (Å²) in [6, 6.07) is 18.6. The summed E-state index contributed by atoms with van der Waals surface area (Å²) in [5, 5.41) is 12.9. The maximum atomic E-state index is 6.05. The van der Waals surface area contributed by atoms with Crippen molar-refractivity contribution in [2.75, 3.05) is 5.43 Å². The first-order valence-corrected chi connectivity index (χ1v) is 9.04. The second kappa shape index (κ2) is 8.21.